The fourth-order valence-electron chi connectivity index (χ4n) is 6.85. The second-order valence-corrected chi connectivity index (χ2v) is 13.3. The molecule has 0 aliphatic carbocycles. The van der Waals surface area contributed by atoms with Gasteiger partial charge in [-0.15, -0.1) is 10.2 Å². The summed E-state index contributed by atoms with van der Waals surface area (Å²) in [5, 5.41) is 8.40. The van der Waals surface area contributed by atoms with E-state index in [0.717, 1.165) is 39.1 Å². The average Bonchev–Trinajstić information content (AvgIpc) is 3.32. The molecular weight excluding hydrogens is 521 g/mol. The maximum atomic E-state index is 14.3. The zero-order valence-corrected chi connectivity index (χ0v) is 26.3. The van der Waals surface area contributed by atoms with Crippen LogP contribution in [-0.2, 0) is 0 Å². The molecule has 0 aromatic heterocycles. The zero-order chi connectivity index (χ0) is 29.9. The number of likely N-dealkylation sites (tertiary alicyclic amines) is 2. The zero-order valence-electron chi connectivity index (χ0n) is 26.3. The van der Waals surface area contributed by atoms with Gasteiger partial charge in [-0.2, -0.15) is 0 Å². The van der Waals surface area contributed by atoms with Gasteiger partial charge in [-0.05, 0) is 91.7 Å². The van der Waals surface area contributed by atoms with Gasteiger partial charge in [0.2, 0.25) is 6.23 Å². The van der Waals surface area contributed by atoms with Crippen molar-refractivity contribution in [1.82, 2.24) is 19.6 Å². The Kier molecular flexibility index (Phi) is 10.2. The number of azo groups is 1. The van der Waals surface area contributed by atoms with Gasteiger partial charge >= 0.3 is 0 Å². The summed E-state index contributed by atoms with van der Waals surface area (Å²) in [6, 6.07) is 4.61. The van der Waals surface area contributed by atoms with E-state index in [2.05, 4.69) is 57.9 Å². The molecule has 2 fully saturated rings. The number of carbonyl (C=O) groups excluding carboxylic acids is 1. The predicted octanol–water partition coefficient (Wildman–Crippen LogP) is 4.98. The van der Waals surface area contributed by atoms with Crippen molar-refractivity contribution in [2.45, 2.75) is 91.3 Å². The summed E-state index contributed by atoms with van der Waals surface area (Å²) >= 11 is 0. The Morgan fingerprint density at radius 2 is 1.83 bits per heavy atom. The van der Waals surface area contributed by atoms with Gasteiger partial charge in [-0.1, -0.05) is 13.8 Å². The minimum absolute atomic E-state index is 0.0450. The van der Waals surface area contributed by atoms with Crippen LogP contribution in [0.3, 0.4) is 0 Å². The molecule has 2 saturated heterocycles. The molecule has 41 heavy (non-hydrogen) atoms. The van der Waals surface area contributed by atoms with E-state index in [4.69, 9.17) is 4.74 Å². The van der Waals surface area contributed by atoms with E-state index >= 15 is 0 Å². The predicted molar refractivity (Wildman–Crippen MR) is 161 cm³/mol. The van der Waals surface area contributed by atoms with E-state index in [9.17, 15) is 9.18 Å². The molecule has 1 spiro atoms. The molecule has 0 saturated carbocycles. The molecule has 3 heterocycles. The summed E-state index contributed by atoms with van der Waals surface area (Å²) in [6.45, 7) is 17.7. The Labute approximate surface area is 245 Å². The van der Waals surface area contributed by atoms with Gasteiger partial charge in [-0.25, -0.2) is 9.38 Å². The van der Waals surface area contributed by atoms with Crippen molar-refractivity contribution in [3.8, 4) is 5.75 Å². The smallest absolute Gasteiger partial charge is 0.258 e. The van der Waals surface area contributed by atoms with Gasteiger partial charge in [0, 0.05) is 49.7 Å². The second-order valence-electron chi connectivity index (χ2n) is 13.3. The second kappa shape index (κ2) is 13.3. The van der Waals surface area contributed by atoms with Crippen LogP contribution in [0.15, 0.2) is 33.4 Å². The van der Waals surface area contributed by atoms with E-state index in [0.29, 0.717) is 17.7 Å². The Hall–Kier alpha value is -2.43. The van der Waals surface area contributed by atoms with E-state index in [1.165, 1.54) is 37.4 Å². The number of rotatable bonds is 12. The van der Waals surface area contributed by atoms with Crippen molar-refractivity contribution in [1.29, 1.82) is 0 Å². The van der Waals surface area contributed by atoms with Crippen LogP contribution in [-0.4, -0.2) is 109 Å². The molecular formula is C31H50FN7O2. The summed E-state index contributed by atoms with van der Waals surface area (Å²) in [6.07, 6.45) is 3.97. The highest BCUT2D eigenvalue weighted by Crippen LogP contribution is 2.43. The number of hydrogen-bond acceptors (Lipinski definition) is 8. The van der Waals surface area contributed by atoms with Crippen LogP contribution in [0.5, 0.6) is 5.75 Å². The van der Waals surface area contributed by atoms with Crippen molar-refractivity contribution in [3.05, 3.63) is 29.6 Å². The number of hydrogen-bond donors (Lipinski definition) is 0. The van der Waals surface area contributed by atoms with Crippen molar-refractivity contribution in [2.75, 3.05) is 46.8 Å². The minimum Gasteiger partial charge on any atom is -0.462 e. The normalized spacial score (nSPS) is 23.2. The highest BCUT2D eigenvalue weighted by molar-refractivity contribution is 5.97. The highest BCUT2D eigenvalue weighted by atomic mass is 19.1. The fourth-order valence-corrected chi connectivity index (χ4v) is 6.85. The Morgan fingerprint density at radius 3 is 2.46 bits per heavy atom. The molecule has 1 amide bonds. The van der Waals surface area contributed by atoms with E-state index in [1.807, 2.05) is 27.7 Å². The fraction of sp³-hybridized carbons (Fsp3) is 0.742. The molecule has 3 aliphatic heterocycles. The van der Waals surface area contributed by atoms with Crippen molar-refractivity contribution in [2.24, 2.45) is 26.6 Å². The molecule has 4 rings (SSSR count). The van der Waals surface area contributed by atoms with Crippen LogP contribution >= 0.6 is 0 Å². The van der Waals surface area contributed by atoms with Crippen molar-refractivity contribution >= 4 is 12.2 Å². The highest BCUT2D eigenvalue weighted by Gasteiger charge is 2.51. The molecule has 2 unspecified atom stereocenters. The largest absolute Gasteiger partial charge is 0.462 e. The first-order chi connectivity index (χ1) is 19.4. The first-order valence-corrected chi connectivity index (χ1v) is 15.2. The SMILES string of the molecule is CC(C)[C@@H](CCCN(C)C)N1CC2(CCN(C3N=CN=NC3Oc3ccc(F)cc3C(=O)N(C(C)C)C(C)C)C2)C1. The number of amides is 1. The molecule has 3 aliphatic rings. The monoisotopic (exact) mass is 571 g/mol. The number of nitrogens with zero attached hydrogens (tertiary/aromatic N) is 7. The van der Waals surface area contributed by atoms with Gasteiger partial charge < -0.3 is 14.5 Å². The van der Waals surface area contributed by atoms with Crippen LogP contribution in [0.4, 0.5) is 4.39 Å². The molecule has 1 aromatic carbocycles. The lowest BCUT2D eigenvalue weighted by Gasteiger charge is -2.53. The number of halogens is 1. The van der Waals surface area contributed by atoms with Crippen LogP contribution in [0.2, 0.25) is 0 Å². The van der Waals surface area contributed by atoms with Crippen LogP contribution in [0.25, 0.3) is 0 Å². The summed E-state index contributed by atoms with van der Waals surface area (Å²) in [5.41, 5.74) is 0.451. The molecule has 0 bridgehead atoms. The summed E-state index contributed by atoms with van der Waals surface area (Å²) in [4.78, 5) is 27.2. The lowest BCUT2D eigenvalue weighted by Crippen LogP contribution is -2.62. The standard InChI is InChI=1S/C31H50FN7O2/c1-21(2)26(10-9-14-36(7)8)38-18-31(19-38)13-15-37(17-31)28-29(35-34-20-33-28)41-27-12-11-24(32)16-25(27)30(40)39(22(3)4)23(5)6/h11-12,16,20-23,26,28-29H,9-10,13-15,17-19H2,1-8H3/t26-,28?,29?/m1/s1. The molecule has 9 nitrogen and oxygen atoms in total. The van der Waals surface area contributed by atoms with Crippen LogP contribution in [0.1, 0.15) is 71.2 Å². The van der Waals surface area contributed by atoms with Gasteiger partial charge in [0.05, 0.1) is 5.56 Å². The first kappa shape index (κ1) is 31.5. The summed E-state index contributed by atoms with van der Waals surface area (Å²) < 4.78 is 20.7. The lowest BCUT2D eigenvalue weighted by atomic mass is 9.76. The molecule has 0 N–H and O–H groups in total. The summed E-state index contributed by atoms with van der Waals surface area (Å²) in [7, 11) is 4.28. The third-order valence-electron chi connectivity index (χ3n) is 8.74. The molecule has 228 valence electrons. The van der Waals surface area contributed by atoms with Crippen molar-refractivity contribution < 1.29 is 13.9 Å². The maximum Gasteiger partial charge on any atom is 0.258 e. The van der Waals surface area contributed by atoms with E-state index < -0.39 is 12.0 Å². The average molecular weight is 572 g/mol. The Balaban J connectivity index is 1.44. The minimum atomic E-state index is -0.718. The van der Waals surface area contributed by atoms with Crippen LogP contribution < -0.4 is 4.74 Å². The van der Waals surface area contributed by atoms with Gasteiger partial charge in [-0.3, -0.25) is 14.6 Å². The molecule has 0 radical (unpaired) electrons. The third kappa shape index (κ3) is 7.32. The molecule has 10 heteroatoms. The maximum absolute atomic E-state index is 14.3. The first-order valence-electron chi connectivity index (χ1n) is 15.2. The van der Waals surface area contributed by atoms with E-state index in [1.54, 1.807) is 4.90 Å². The summed E-state index contributed by atoms with van der Waals surface area (Å²) in [5.74, 6) is 0.181. The Morgan fingerprint density at radius 1 is 1.12 bits per heavy atom. The topological polar surface area (TPSA) is 76.3 Å². The van der Waals surface area contributed by atoms with Crippen LogP contribution in [0, 0.1) is 17.2 Å². The van der Waals surface area contributed by atoms with Gasteiger partial charge in [0.1, 0.15) is 17.9 Å². The van der Waals surface area contributed by atoms with Gasteiger partial charge in [0.15, 0.2) is 6.17 Å². The number of benzene rings is 1. The van der Waals surface area contributed by atoms with Gasteiger partial charge in [0.25, 0.3) is 5.91 Å². The third-order valence-corrected chi connectivity index (χ3v) is 8.74. The van der Waals surface area contributed by atoms with Crippen molar-refractivity contribution in [3.63, 3.8) is 0 Å². The molecule has 1 aromatic rings. The molecule has 3 atom stereocenters. The lowest BCUT2D eigenvalue weighted by molar-refractivity contribution is -0.0457. The number of ether oxygens (including phenoxy) is 1. The number of carbonyl (C=O) groups is 1. The van der Waals surface area contributed by atoms with E-state index in [-0.39, 0.29) is 35.1 Å². The number of aliphatic imine (C=N–C) groups is 1. The Bertz CT molecular complexity index is 1090. The quantitative estimate of drug-likeness (QED) is 0.354.